The number of para-hydroxylation sites is 2. The van der Waals surface area contributed by atoms with Crippen molar-refractivity contribution in [2.24, 2.45) is 0 Å². The summed E-state index contributed by atoms with van der Waals surface area (Å²) in [5.74, 6) is 0.433. The Labute approximate surface area is 168 Å². The van der Waals surface area contributed by atoms with Gasteiger partial charge in [0.2, 0.25) is 0 Å². The fraction of sp³-hybridized carbons (Fsp3) is 0.130. The van der Waals surface area contributed by atoms with Crippen LogP contribution in [0.15, 0.2) is 73.2 Å². The first-order valence-corrected chi connectivity index (χ1v) is 9.55. The SMILES string of the molecule is CC1Cc2ccccc2N1C(=O)c1cnc(Nc2cccc3cccnc23)cn1. The lowest BCUT2D eigenvalue weighted by molar-refractivity contribution is 0.0976. The van der Waals surface area contributed by atoms with E-state index in [-0.39, 0.29) is 11.9 Å². The number of carbonyl (C=O) groups excluding carboxylic acids is 1. The number of nitrogens with zero attached hydrogens (tertiary/aromatic N) is 4. The third-order valence-electron chi connectivity index (χ3n) is 5.19. The maximum Gasteiger partial charge on any atom is 0.278 e. The summed E-state index contributed by atoms with van der Waals surface area (Å²) in [6, 6.07) is 17.9. The molecule has 0 saturated carbocycles. The molecule has 2 aromatic carbocycles. The molecule has 29 heavy (non-hydrogen) atoms. The number of hydrogen-bond acceptors (Lipinski definition) is 5. The van der Waals surface area contributed by atoms with Gasteiger partial charge in [0.25, 0.3) is 5.91 Å². The van der Waals surface area contributed by atoms with E-state index in [0.29, 0.717) is 11.5 Å². The number of carbonyl (C=O) groups is 1. The molecule has 2 aromatic heterocycles. The van der Waals surface area contributed by atoms with Crippen LogP contribution in [-0.2, 0) is 6.42 Å². The molecule has 6 heteroatoms. The summed E-state index contributed by atoms with van der Waals surface area (Å²) in [5.41, 5.74) is 4.17. The first-order valence-electron chi connectivity index (χ1n) is 9.55. The molecule has 0 aliphatic carbocycles. The normalized spacial score (nSPS) is 15.3. The lowest BCUT2D eigenvalue weighted by Gasteiger charge is -2.22. The maximum atomic E-state index is 13.1. The van der Waals surface area contributed by atoms with Gasteiger partial charge in [-0.25, -0.2) is 9.97 Å². The van der Waals surface area contributed by atoms with E-state index in [1.165, 1.54) is 11.8 Å². The summed E-state index contributed by atoms with van der Waals surface area (Å²) >= 11 is 0. The molecule has 0 spiro atoms. The number of fused-ring (bicyclic) bond motifs is 2. The third kappa shape index (κ3) is 3.08. The van der Waals surface area contributed by atoms with Crippen molar-refractivity contribution in [1.82, 2.24) is 15.0 Å². The summed E-state index contributed by atoms with van der Waals surface area (Å²) in [6.07, 6.45) is 5.72. The first-order chi connectivity index (χ1) is 14.2. The lowest BCUT2D eigenvalue weighted by Crippen LogP contribution is -2.36. The zero-order chi connectivity index (χ0) is 19.8. The van der Waals surface area contributed by atoms with Crippen LogP contribution in [-0.4, -0.2) is 26.9 Å². The van der Waals surface area contributed by atoms with Crippen LogP contribution in [0.2, 0.25) is 0 Å². The molecule has 3 heterocycles. The van der Waals surface area contributed by atoms with E-state index in [1.807, 2.05) is 48.5 Å². The van der Waals surface area contributed by atoms with E-state index in [2.05, 4.69) is 33.3 Å². The minimum atomic E-state index is -0.131. The van der Waals surface area contributed by atoms with Crippen molar-refractivity contribution in [2.45, 2.75) is 19.4 Å². The number of rotatable bonds is 3. The van der Waals surface area contributed by atoms with Crippen molar-refractivity contribution in [3.8, 4) is 0 Å². The van der Waals surface area contributed by atoms with Crippen LogP contribution in [0.25, 0.3) is 10.9 Å². The average molecular weight is 381 g/mol. The molecule has 142 valence electrons. The Morgan fingerprint density at radius 3 is 2.72 bits per heavy atom. The predicted octanol–water partition coefficient (Wildman–Crippen LogP) is 4.36. The molecule has 1 amide bonds. The molecule has 1 unspecified atom stereocenters. The van der Waals surface area contributed by atoms with Crippen molar-refractivity contribution in [3.05, 3.63) is 84.4 Å². The second-order valence-corrected chi connectivity index (χ2v) is 7.15. The van der Waals surface area contributed by atoms with Gasteiger partial charge in [-0.15, -0.1) is 0 Å². The molecule has 0 radical (unpaired) electrons. The van der Waals surface area contributed by atoms with E-state index >= 15 is 0 Å². The smallest absolute Gasteiger partial charge is 0.278 e. The summed E-state index contributed by atoms with van der Waals surface area (Å²) in [7, 11) is 0. The molecular formula is C23H19N5O. The third-order valence-corrected chi connectivity index (χ3v) is 5.19. The van der Waals surface area contributed by atoms with Crippen molar-refractivity contribution in [2.75, 3.05) is 10.2 Å². The Hall–Kier alpha value is -3.80. The highest BCUT2D eigenvalue weighted by Crippen LogP contribution is 2.32. The van der Waals surface area contributed by atoms with E-state index in [4.69, 9.17) is 0 Å². The maximum absolute atomic E-state index is 13.1. The van der Waals surface area contributed by atoms with Gasteiger partial charge in [0.1, 0.15) is 11.5 Å². The second kappa shape index (κ2) is 6.98. The van der Waals surface area contributed by atoms with Crippen LogP contribution in [0, 0.1) is 0 Å². The monoisotopic (exact) mass is 381 g/mol. The highest BCUT2D eigenvalue weighted by atomic mass is 16.2. The first kappa shape index (κ1) is 17.3. The molecule has 0 bridgehead atoms. The van der Waals surface area contributed by atoms with Gasteiger partial charge in [-0.3, -0.25) is 9.78 Å². The molecule has 4 aromatic rings. The number of benzene rings is 2. The number of anilines is 3. The van der Waals surface area contributed by atoms with Crippen LogP contribution in [0.1, 0.15) is 23.0 Å². The highest BCUT2D eigenvalue weighted by molar-refractivity contribution is 6.06. The molecule has 5 rings (SSSR count). The molecule has 6 nitrogen and oxygen atoms in total. The highest BCUT2D eigenvalue weighted by Gasteiger charge is 2.31. The zero-order valence-corrected chi connectivity index (χ0v) is 15.9. The number of pyridine rings is 1. The van der Waals surface area contributed by atoms with Gasteiger partial charge in [-0.05, 0) is 37.1 Å². The minimum Gasteiger partial charge on any atom is -0.337 e. The van der Waals surface area contributed by atoms with Gasteiger partial charge in [0.05, 0.1) is 23.6 Å². The number of aromatic nitrogens is 3. The van der Waals surface area contributed by atoms with Crippen molar-refractivity contribution in [3.63, 3.8) is 0 Å². The average Bonchev–Trinajstić information content (AvgIpc) is 3.10. The fourth-order valence-corrected chi connectivity index (χ4v) is 3.84. The largest absolute Gasteiger partial charge is 0.337 e. The quantitative estimate of drug-likeness (QED) is 0.571. The molecule has 1 aliphatic rings. The van der Waals surface area contributed by atoms with E-state index in [0.717, 1.165) is 28.7 Å². The van der Waals surface area contributed by atoms with Gasteiger partial charge < -0.3 is 10.2 Å². The second-order valence-electron chi connectivity index (χ2n) is 7.15. The Kier molecular flexibility index (Phi) is 4.17. The van der Waals surface area contributed by atoms with Crippen molar-refractivity contribution >= 4 is 34.0 Å². The van der Waals surface area contributed by atoms with Crippen molar-refractivity contribution in [1.29, 1.82) is 0 Å². The Balaban J connectivity index is 1.40. The standard InChI is InChI=1S/C23H19N5O/c1-15-12-17-6-2-3-10-20(17)28(15)23(29)19-13-26-21(14-25-19)27-18-9-4-7-16-8-5-11-24-22(16)18/h2-11,13-15H,12H2,1H3,(H,26,27). The van der Waals surface area contributed by atoms with E-state index in [1.54, 1.807) is 17.3 Å². The summed E-state index contributed by atoms with van der Waals surface area (Å²) in [6.45, 7) is 2.05. The van der Waals surface area contributed by atoms with Gasteiger partial charge in [-0.2, -0.15) is 0 Å². The minimum absolute atomic E-state index is 0.0984. The predicted molar refractivity (Wildman–Crippen MR) is 113 cm³/mol. The van der Waals surface area contributed by atoms with Gasteiger partial charge in [-0.1, -0.05) is 36.4 Å². The molecular weight excluding hydrogens is 362 g/mol. The summed E-state index contributed by atoms with van der Waals surface area (Å²) < 4.78 is 0. The molecule has 1 N–H and O–H groups in total. The molecule has 1 aliphatic heterocycles. The fourth-order valence-electron chi connectivity index (χ4n) is 3.84. The van der Waals surface area contributed by atoms with Crippen LogP contribution in [0.5, 0.6) is 0 Å². The number of amides is 1. The summed E-state index contributed by atoms with van der Waals surface area (Å²) in [4.78, 5) is 28.1. The Bertz CT molecular complexity index is 1200. The van der Waals surface area contributed by atoms with E-state index in [9.17, 15) is 4.79 Å². The zero-order valence-electron chi connectivity index (χ0n) is 15.9. The number of nitrogens with one attached hydrogen (secondary N) is 1. The lowest BCUT2D eigenvalue weighted by atomic mass is 10.1. The van der Waals surface area contributed by atoms with Crippen molar-refractivity contribution < 1.29 is 4.79 Å². The Morgan fingerprint density at radius 2 is 1.86 bits per heavy atom. The molecule has 0 fully saturated rings. The van der Waals surface area contributed by atoms with Gasteiger partial charge in [0, 0.05) is 23.3 Å². The Morgan fingerprint density at radius 1 is 1.00 bits per heavy atom. The summed E-state index contributed by atoms with van der Waals surface area (Å²) in [5, 5.41) is 4.29. The number of hydrogen-bond donors (Lipinski definition) is 1. The topological polar surface area (TPSA) is 71.0 Å². The van der Waals surface area contributed by atoms with Crippen LogP contribution in [0.4, 0.5) is 17.2 Å². The van der Waals surface area contributed by atoms with Crippen LogP contribution in [0.3, 0.4) is 0 Å². The van der Waals surface area contributed by atoms with E-state index < -0.39 is 0 Å². The van der Waals surface area contributed by atoms with Crippen LogP contribution >= 0.6 is 0 Å². The molecule has 1 atom stereocenters. The van der Waals surface area contributed by atoms with Gasteiger partial charge >= 0.3 is 0 Å². The van der Waals surface area contributed by atoms with Gasteiger partial charge in [0.15, 0.2) is 0 Å². The van der Waals surface area contributed by atoms with Crippen LogP contribution < -0.4 is 10.2 Å². The molecule has 0 saturated heterocycles.